The standard InChI is InChI=1S/C14H19FN2O/c1-18-14-7-10(15)6-13(8-14)17-5-4-12(9-17)16-11-2-3-11/h6-8,11-12,16H,2-5,9H2,1H3. The first-order valence-electron chi connectivity index (χ1n) is 6.60. The normalized spacial score (nSPS) is 23.4. The Bertz CT molecular complexity index is 434. The summed E-state index contributed by atoms with van der Waals surface area (Å²) in [6.07, 6.45) is 3.75. The van der Waals surface area contributed by atoms with Crippen molar-refractivity contribution >= 4 is 5.69 Å². The van der Waals surface area contributed by atoms with Gasteiger partial charge in [-0.2, -0.15) is 0 Å². The second kappa shape index (κ2) is 4.76. The van der Waals surface area contributed by atoms with Gasteiger partial charge in [-0.05, 0) is 25.3 Å². The molecule has 1 aromatic carbocycles. The molecule has 3 rings (SSSR count). The van der Waals surface area contributed by atoms with Crippen LogP contribution in [-0.2, 0) is 0 Å². The number of rotatable bonds is 4. The van der Waals surface area contributed by atoms with E-state index in [1.54, 1.807) is 13.2 Å². The summed E-state index contributed by atoms with van der Waals surface area (Å²) in [5.41, 5.74) is 0.923. The molecule has 2 fully saturated rings. The van der Waals surface area contributed by atoms with Crippen LogP contribution in [0.1, 0.15) is 19.3 Å². The fraction of sp³-hybridized carbons (Fsp3) is 0.571. The van der Waals surface area contributed by atoms with E-state index in [0.29, 0.717) is 11.8 Å². The molecule has 98 valence electrons. The molecule has 0 aromatic heterocycles. The average molecular weight is 250 g/mol. The number of nitrogens with zero attached hydrogens (tertiary/aromatic N) is 1. The van der Waals surface area contributed by atoms with E-state index in [4.69, 9.17) is 4.74 Å². The number of methoxy groups -OCH3 is 1. The van der Waals surface area contributed by atoms with Gasteiger partial charge in [0.1, 0.15) is 11.6 Å². The predicted molar refractivity (Wildman–Crippen MR) is 69.7 cm³/mol. The van der Waals surface area contributed by atoms with E-state index in [0.717, 1.165) is 31.2 Å². The van der Waals surface area contributed by atoms with Crippen molar-refractivity contribution in [1.82, 2.24) is 5.32 Å². The molecule has 1 aliphatic carbocycles. The molecule has 1 saturated heterocycles. The maximum Gasteiger partial charge on any atom is 0.128 e. The van der Waals surface area contributed by atoms with E-state index in [-0.39, 0.29) is 5.82 Å². The highest BCUT2D eigenvalue weighted by Crippen LogP contribution is 2.28. The third kappa shape index (κ3) is 2.58. The SMILES string of the molecule is COc1cc(F)cc(N2CCC(NC3CC3)C2)c1. The van der Waals surface area contributed by atoms with Gasteiger partial charge in [-0.25, -0.2) is 4.39 Å². The lowest BCUT2D eigenvalue weighted by Crippen LogP contribution is -2.33. The van der Waals surface area contributed by atoms with Gasteiger partial charge in [0.15, 0.2) is 0 Å². The lowest BCUT2D eigenvalue weighted by molar-refractivity contribution is 0.411. The molecule has 2 aliphatic rings. The molecule has 0 bridgehead atoms. The Hall–Kier alpha value is -1.29. The Morgan fingerprint density at radius 3 is 2.78 bits per heavy atom. The van der Waals surface area contributed by atoms with Crippen molar-refractivity contribution in [3.05, 3.63) is 24.0 Å². The zero-order chi connectivity index (χ0) is 12.5. The summed E-state index contributed by atoms with van der Waals surface area (Å²) in [5.74, 6) is 0.353. The van der Waals surface area contributed by atoms with Crippen LogP contribution >= 0.6 is 0 Å². The first-order chi connectivity index (χ1) is 8.74. The van der Waals surface area contributed by atoms with Gasteiger partial charge in [-0.15, -0.1) is 0 Å². The van der Waals surface area contributed by atoms with Gasteiger partial charge >= 0.3 is 0 Å². The molecule has 3 nitrogen and oxygen atoms in total. The Labute approximate surface area is 107 Å². The summed E-state index contributed by atoms with van der Waals surface area (Å²) in [6, 6.07) is 6.19. The van der Waals surface area contributed by atoms with E-state index in [1.807, 2.05) is 6.07 Å². The van der Waals surface area contributed by atoms with Crippen LogP contribution in [0, 0.1) is 5.82 Å². The predicted octanol–water partition coefficient (Wildman–Crippen LogP) is 2.17. The molecule has 1 aliphatic heterocycles. The summed E-state index contributed by atoms with van der Waals surface area (Å²) in [7, 11) is 1.57. The smallest absolute Gasteiger partial charge is 0.128 e. The molecule has 1 atom stereocenters. The molecular weight excluding hydrogens is 231 g/mol. The summed E-state index contributed by atoms with van der Waals surface area (Å²) in [4.78, 5) is 2.23. The highest BCUT2D eigenvalue weighted by Gasteiger charge is 2.29. The highest BCUT2D eigenvalue weighted by atomic mass is 19.1. The van der Waals surface area contributed by atoms with Gasteiger partial charge < -0.3 is 15.0 Å². The number of ether oxygens (including phenoxy) is 1. The van der Waals surface area contributed by atoms with E-state index < -0.39 is 0 Å². The Morgan fingerprint density at radius 1 is 1.22 bits per heavy atom. The van der Waals surface area contributed by atoms with Crippen molar-refractivity contribution in [2.24, 2.45) is 0 Å². The Morgan fingerprint density at radius 2 is 2.06 bits per heavy atom. The van der Waals surface area contributed by atoms with Crippen LogP contribution in [0.2, 0.25) is 0 Å². The maximum atomic E-state index is 13.5. The first-order valence-corrected chi connectivity index (χ1v) is 6.60. The summed E-state index contributed by atoms with van der Waals surface area (Å²) in [5, 5.41) is 3.63. The molecule has 0 amide bonds. The summed E-state index contributed by atoms with van der Waals surface area (Å²) < 4.78 is 18.6. The van der Waals surface area contributed by atoms with Gasteiger partial charge in [0.05, 0.1) is 7.11 Å². The van der Waals surface area contributed by atoms with Gasteiger partial charge in [0, 0.05) is 43.0 Å². The number of hydrogen-bond acceptors (Lipinski definition) is 3. The third-order valence-corrected chi connectivity index (χ3v) is 3.69. The van der Waals surface area contributed by atoms with Gasteiger partial charge in [-0.1, -0.05) is 0 Å². The minimum atomic E-state index is -0.233. The minimum absolute atomic E-state index is 0.233. The summed E-state index contributed by atoms with van der Waals surface area (Å²) in [6.45, 7) is 1.94. The lowest BCUT2D eigenvalue weighted by Gasteiger charge is -2.20. The van der Waals surface area contributed by atoms with Crippen LogP contribution in [0.25, 0.3) is 0 Å². The lowest BCUT2D eigenvalue weighted by atomic mass is 10.2. The van der Waals surface area contributed by atoms with Crippen LogP contribution in [0.5, 0.6) is 5.75 Å². The zero-order valence-corrected chi connectivity index (χ0v) is 10.7. The first kappa shape index (κ1) is 11.8. The monoisotopic (exact) mass is 250 g/mol. The minimum Gasteiger partial charge on any atom is -0.497 e. The van der Waals surface area contributed by atoms with E-state index in [1.165, 1.54) is 18.9 Å². The largest absolute Gasteiger partial charge is 0.497 e. The molecular formula is C14H19FN2O. The van der Waals surface area contributed by atoms with Gasteiger partial charge in [-0.3, -0.25) is 0 Å². The van der Waals surface area contributed by atoms with Gasteiger partial charge in [0.25, 0.3) is 0 Å². The Kier molecular flexibility index (Phi) is 3.12. The van der Waals surface area contributed by atoms with Crippen LogP contribution in [-0.4, -0.2) is 32.3 Å². The van der Waals surface area contributed by atoms with E-state index >= 15 is 0 Å². The number of halogens is 1. The Balaban J connectivity index is 1.68. The molecule has 1 unspecified atom stereocenters. The molecule has 1 aromatic rings. The number of anilines is 1. The number of hydrogen-bond donors (Lipinski definition) is 1. The molecule has 0 spiro atoms. The molecule has 0 radical (unpaired) electrons. The molecule has 1 heterocycles. The van der Waals surface area contributed by atoms with Crippen LogP contribution in [0.15, 0.2) is 18.2 Å². The molecule has 1 N–H and O–H groups in total. The van der Waals surface area contributed by atoms with Crippen molar-refractivity contribution < 1.29 is 9.13 Å². The molecule has 1 saturated carbocycles. The van der Waals surface area contributed by atoms with E-state index in [9.17, 15) is 4.39 Å². The zero-order valence-electron chi connectivity index (χ0n) is 10.7. The number of benzene rings is 1. The molecule has 18 heavy (non-hydrogen) atoms. The third-order valence-electron chi connectivity index (χ3n) is 3.69. The van der Waals surface area contributed by atoms with Crippen molar-refractivity contribution in [3.8, 4) is 5.75 Å². The van der Waals surface area contributed by atoms with Crippen LogP contribution in [0.3, 0.4) is 0 Å². The van der Waals surface area contributed by atoms with E-state index in [2.05, 4.69) is 10.2 Å². The fourth-order valence-corrected chi connectivity index (χ4v) is 2.56. The highest BCUT2D eigenvalue weighted by molar-refractivity contribution is 5.52. The second-order valence-electron chi connectivity index (χ2n) is 5.22. The van der Waals surface area contributed by atoms with Crippen LogP contribution < -0.4 is 15.0 Å². The van der Waals surface area contributed by atoms with Crippen molar-refractivity contribution in [1.29, 1.82) is 0 Å². The summed E-state index contributed by atoms with van der Waals surface area (Å²) >= 11 is 0. The maximum absolute atomic E-state index is 13.5. The topological polar surface area (TPSA) is 24.5 Å². The molecule has 4 heteroatoms. The van der Waals surface area contributed by atoms with Crippen LogP contribution in [0.4, 0.5) is 10.1 Å². The fourth-order valence-electron chi connectivity index (χ4n) is 2.56. The van der Waals surface area contributed by atoms with Gasteiger partial charge in [0.2, 0.25) is 0 Å². The number of nitrogens with one attached hydrogen (secondary N) is 1. The van der Waals surface area contributed by atoms with Crippen molar-refractivity contribution in [2.45, 2.75) is 31.3 Å². The average Bonchev–Trinajstić information content (AvgIpc) is 3.04. The van der Waals surface area contributed by atoms with Crippen molar-refractivity contribution in [2.75, 3.05) is 25.1 Å². The second-order valence-corrected chi connectivity index (χ2v) is 5.22. The van der Waals surface area contributed by atoms with Crippen molar-refractivity contribution in [3.63, 3.8) is 0 Å². The quantitative estimate of drug-likeness (QED) is 0.886.